The fourth-order valence-electron chi connectivity index (χ4n) is 18.2. The van der Waals surface area contributed by atoms with E-state index in [9.17, 15) is 189 Å². The fourth-order valence-corrected chi connectivity index (χ4v) is 18.2. The molecule has 12 aliphatic rings. The summed E-state index contributed by atoms with van der Waals surface area (Å²) in [7, 11) is 1.15. The topological polar surface area (TPSA) is 996 Å². The molecular formula is C79H139NO61. The molecule has 0 aromatic heterocycles. The third kappa shape index (κ3) is 26.2. The molecule has 141 heavy (non-hydrogen) atoms. The maximum absolute atomic E-state index is 11.7. The molecule has 42 unspecified atom stereocenters. The van der Waals surface area contributed by atoms with Crippen molar-refractivity contribution in [2.45, 2.75) is 394 Å². The van der Waals surface area contributed by atoms with E-state index in [1.165, 1.54) is 6.92 Å². The van der Waals surface area contributed by atoms with E-state index in [0.29, 0.717) is 25.8 Å². The van der Waals surface area contributed by atoms with Crippen molar-refractivity contribution in [2.24, 2.45) is 5.73 Å². The largest absolute Gasteiger partial charge is 0.394 e. The van der Waals surface area contributed by atoms with Gasteiger partial charge in [0, 0.05) is 13.7 Å². The zero-order valence-electron chi connectivity index (χ0n) is 75.6. The van der Waals surface area contributed by atoms with Crippen LogP contribution in [0, 0.1) is 0 Å². The second kappa shape index (κ2) is 53.7. The number of nitrogens with two attached hydrogens (primary N) is 1. The molecule has 12 aliphatic heterocycles. The third-order valence-corrected chi connectivity index (χ3v) is 26.5. The van der Waals surface area contributed by atoms with Gasteiger partial charge in [0.15, 0.2) is 69.2 Å². The average Bonchev–Trinajstić information content (AvgIpc) is 0.769. The highest BCUT2D eigenvalue weighted by Crippen LogP contribution is 2.43. The Morgan fingerprint density at radius 3 is 0.539 bits per heavy atom. The highest BCUT2D eigenvalue weighted by atomic mass is 16.8. The van der Waals surface area contributed by atoms with Crippen LogP contribution in [0.3, 0.4) is 0 Å². The first kappa shape index (κ1) is 119. The number of hydrogen-bond donors (Lipinski definition) is 38. The Kier molecular flexibility index (Phi) is 45.2. The lowest BCUT2D eigenvalue weighted by Gasteiger charge is -2.50. The van der Waals surface area contributed by atoms with Crippen LogP contribution in [0.15, 0.2) is 0 Å². The van der Waals surface area contributed by atoms with Crippen LogP contribution in [0.1, 0.15) is 26.2 Å². The second-order valence-electron chi connectivity index (χ2n) is 35.7. The van der Waals surface area contributed by atoms with E-state index in [4.69, 9.17) is 119 Å². The number of rotatable bonds is 39. The van der Waals surface area contributed by atoms with Gasteiger partial charge in [0.25, 0.3) is 0 Å². The molecule has 0 aliphatic carbocycles. The minimum absolute atomic E-state index is 0.0917. The Balaban J connectivity index is 0.000000276. The Morgan fingerprint density at radius 2 is 0.340 bits per heavy atom. The predicted octanol–water partition coefficient (Wildman–Crippen LogP) is -25.3. The Labute approximate surface area is 800 Å². The van der Waals surface area contributed by atoms with Gasteiger partial charge in [-0.05, 0) is 32.7 Å². The molecule has 12 saturated heterocycles. The molecule has 0 aromatic rings. The predicted molar refractivity (Wildman–Crippen MR) is 433 cm³/mol. The number of aliphatic hydroxyl groups is 37. The lowest BCUT2D eigenvalue weighted by Crippen LogP contribution is -2.69. The van der Waals surface area contributed by atoms with Crippen LogP contribution in [0.5, 0.6) is 0 Å². The lowest BCUT2D eigenvalue weighted by atomic mass is 9.94. The van der Waals surface area contributed by atoms with Crippen LogP contribution in [0.25, 0.3) is 0 Å². The summed E-state index contributed by atoms with van der Waals surface area (Å²) < 4.78 is 134. The van der Waals surface area contributed by atoms with Crippen molar-refractivity contribution in [1.82, 2.24) is 0 Å². The van der Waals surface area contributed by atoms with Gasteiger partial charge in [-0.15, -0.1) is 0 Å². The van der Waals surface area contributed by atoms with Crippen molar-refractivity contribution in [3.63, 3.8) is 0 Å². The normalized spacial score (nSPS) is 51.3. The van der Waals surface area contributed by atoms with Gasteiger partial charge in [-0.3, -0.25) is 0 Å². The van der Waals surface area contributed by atoms with Crippen molar-refractivity contribution in [2.75, 3.05) is 99.5 Å². The average molecular weight is 2080 g/mol. The van der Waals surface area contributed by atoms with Gasteiger partial charge in [0.05, 0.1) is 85.4 Å². The van der Waals surface area contributed by atoms with E-state index in [-0.39, 0.29) is 6.61 Å². The first-order chi connectivity index (χ1) is 67.1. The number of ether oxygens (including phenoxy) is 24. The SMILES string of the molecule is CC1OC(CO)C(O)C(O[C@@H]2OC(CO)[C@H](O)[C@H](OC3OC(CO)C(O)C(O[C@@H]4OC(CO)[C@H](O)[C@H](OC5OC(CO)C(O)C(O[C@@H]6OC(CO)[C@H](O)[C@H](OC7OC(CO)C(O)C(O)C7O)C6O)C5O)C4O)C3O)C2O)C1O.CO[C@@H]1C(O)[C@H](OC2C(O)C(CO)OC(O[C@@H]3C(O)[C@H](OC4C(O)C(CO)OC(O[C@@H]5C(O)[C@H](OCCCCCN)OC(CO)[C@@H]5O)C4O)OC(CO)[C@@H]3O)C2O)OC(CO)[C@@H]1O. The monoisotopic (exact) mass is 2080 g/mol. The highest BCUT2D eigenvalue weighted by molar-refractivity contribution is 5.05. The van der Waals surface area contributed by atoms with Crippen molar-refractivity contribution < 1.29 is 303 Å². The van der Waals surface area contributed by atoms with Gasteiger partial charge < -0.3 is 308 Å². The molecule has 0 saturated carbocycles. The Bertz CT molecular complexity index is 3590. The highest BCUT2D eigenvalue weighted by Gasteiger charge is 2.63. The zero-order chi connectivity index (χ0) is 104. The van der Waals surface area contributed by atoms with E-state index in [1.54, 1.807) is 0 Å². The lowest BCUT2D eigenvalue weighted by molar-refractivity contribution is -0.400. The minimum Gasteiger partial charge on any atom is -0.394 e. The standard InChI is InChI=1S/C43H74O35.C36H65NO26/c1-9-17(51)32(19(53)11(3-45)66-9)73-39-28(62)34(21(55)13(5-47)68-39)75-41-30(64)36(23(57)15(7-49)70-41)77-43-31(65)37(24(58)16(8-50)72-43)78-42-29(63)35(22(56)14(6-48)71-42)76-40-27(61)33(20(54)12(4-46)69-40)74-38-26(60)25(59)18(52)10(2-44)67-38;1-53-27-17(43)12(7-38)56-33(22(27)48)61-29-19(45)14(9-40)58-35(24(29)50)63-31-21(47)16(11-42)59-36(26(31)52)62-30-20(46)15(10-41)57-34(25(30)51)60-28-18(44)13(8-39)55-32(23(28)49)54-6-4-2-3-5-37/h9-65H,2-8H2,1H3;12-36,38-52H,2-11,37H2,1H3/t9?,10?,11?,12?,13?,14?,15?,16?,17?,18?,19?,20-,21-,22?,23?,24-,25?,26?,27?,28?,29?,30?,31?,32?,33-,34-,35?,36?,37-,38?,39-,40-,41?,42?,43-;12?,13?,14?,15?,16?,17-,18-,19?,20?,21-,22?,23?,24?,25?,26?,27-,28-,29?,30?,31-,32+,33-,34?,35?,36-/m00/s1. The molecule has 0 radical (unpaired) electrons. The fraction of sp³-hybridized carbons (Fsp3) is 1.00. The molecule has 12 rings (SSSR count). The van der Waals surface area contributed by atoms with Crippen molar-refractivity contribution >= 4 is 0 Å². The van der Waals surface area contributed by atoms with Crippen LogP contribution in [0.2, 0.25) is 0 Å². The molecule has 12 heterocycles. The van der Waals surface area contributed by atoms with E-state index in [0.717, 1.165) is 7.11 Å². The summed E-state index contributed by atoms with van der Waals surface area (Å²) >= 11 is 0. The third-order valence-electron chi connectivity index (χ3n) is 26.5. The van der Waals surface area contributed by atoms with Crippen LogP contribution < -0.4 is 5.73 Å². The van der Waals surface area contributed by atoms with Crippen LogP contribution in [-0.4, -0.2) is 657 Å². The molecule has 39 N–H and O–H groups in total. The minimum atomic E-state index is -2.31. The first-order valence-corrected chi connectivity index (χ1v) is 45.7. The Hall–Kier alpha value is -2.48. The van der Waals surface area contributed by atoms with Crippen molar-refractivity contribution in [3.8, 4) is 0 Å². The molecule has 0 bridgehead atoms. The molecule has 62 nitrogen and oxygen atoms in total. The number of methoxy groups -OCH3 is 1. The van der Waals surface area contributed by atoms with Gasteiger partial charge in [0.2, 0.25) is 0 Å². The smallest absolute Gasteiger partial charge is 0.187 e. The summed E-state index contributed by atoms with van der Waals surface area (Å²) in [4.78, 5) is 0. The number of hydrogen-bond acceptors (Lipinski definition) is 62. The van der Waals surface area contributed by atoms with Crippen LogP contribution in [-0.2, 0) is 114 Å². The summed E-state index contributed by atoms with van der Waals surface area (Å²) in [6, 6.07) is 0. The molecule has 0 amide bonds. The van der Waals surface area contributed by atoms with Gasteiger partial charge in [0.1, 0.15) is 293 Å². The first-order valence-electron chi connectivity index (χ1n) is 45.7. The van der Waals surface area contributed by atoms with Gasteiger partial charge >= 0.3 is 0 Å². The molecule has 60 atom stereocenters. The molecule has 0 spiro atoms. The van der Waals surface area contributed by atoms with E-state index in [2.05, 4.69) is 0 Å². The molecular weight excluding hydrogens is 1940 g/mol. The summed E-state index contributed by atoms with van der Waals surface area (Å²) in [5.41, 5.74) is 5.52. The van der Waals surface area contributed by atoms with E-state index in [1.807, 2.05) is 0 Å². The number of unbranched alkanes of at least 4 members (excludes halogenated alkanes) is 2. The maximum Gasteiger partial charge on any atom is 0.187 e. The van der Waals surface area contributed by atoms with Crippen molar-refractivity contribution in [3.05, 3.63) is 0 Å². The number of aliphatic hydroxyl groups excluding tert-OH is 37. The molecule has 0 aromatic carbocycles. The summed E-state index contributed by atoms with van der Waals surface area (Å²) in [5.74, 6) is 0. The quantitative estimate of drug-likeness (QED) is 0.0254. The van der Waals surface area contributed by atoms with Crippen molar-refractivity contribution in [1.29, 1.82) is 0 Å². The van der Waals surface area contributed by atoms with Gasteiger partial charge in [-0.25, -0.2) is 0 Å². The molecule has 826 valence electrons. The van der Waals surface area contributed by atoms with E-state index >= 15 is 0 Å². The molecule has 12 fully saturated rings. The van der Waals surface area contributed by atoms with E-state index < -0.39 is 448 Å². The zero-order valence-corrected chi connectivity index (χ0v) is 75.6. The summed E-state index contributed by atoms with van der Waals surface area (Å²) in [6.45, 7) is -9.17. The van der Waals surface area contributed by atoms with Crippen LogP contribution in [0.4, 0.5) is 0 Å². The molecule has 62 heteroatoms. The Morgan fingerprint density at radius 1 is 0.177 bits per heavy atom. The maximum atomic E-state index is 11.7. The van der Waals surface area contributed by atoms with Gasteiger partial charge in [-0.1, -0.05) is 0 Å². The summed E-state index contributed by atoms with van der Waals surface area (Å²) in [5, 5.41) is 397. The summed E-state index contributed by atoms with van der Waals surface area (Å²) in [6.07, 6.45) is -110. The van der Waals surface area contributed by atoms with Gasteiger partial charge in [-0.2, -0.15) is 0 Å². The second-order valence-corrected chi connectivity index (χ2v) is 35.7. The van der Waals surface area contributed by atoms with Crippen LogP contribution >= 0.6 is 0 Å².